The standard InChI is InChI=1S/C6H13P/c1-4-5-6-7(2)3/h4-5H,6H2,1-3H3. The molecule has 0 amide bonds. The second-order valence-electron chi connectivity index (χ2n) is 1.83. The van der Waals surface area contributed by atoms with Gasteiger partial charge in [0.25, 0.3) is 0 Å². The highest BCUT2D eigenvalue weighted by molar-refractivity contribution is 7.56. The van der Waals surface area contributed by atoms with Crippen molar-refractivity contribution in [3.63, 3.8) is 0 Å². The van der Waals surface area contributed by atoms with E-state index >= 15 is 0 Å². The molecule has 0 fully saturated rings. The van der Waals surface area contributed by atoms with Gasteiger partial charge < -0.3 is 0 Å². The third-order valence-corrected chi connectivity index (χ3v) is 1.65. The molecule has 0 N–H and O–H groups in total. The highest BCUT2D eigenvalue weighted by Crippen LogP contribution is 2.23. The van der Waals surface area contributed by atoms with E-state index in [1.807, 2.05) is 0 Å². The molecular formula is C6H13P. The van der Waals surface area contributed by atoms with Gasteiger partial charge >= 0.3 is 0 Å². The third-order valence-electron chi connectivity index (χ3n) is 0.706. The van der Waals surface area contributed by atoms with Gasteiger partial charge in [0.1, 0.15) is 0 Å². The molecule has 0 saturated heterocycles. The maximum absolute atomic E-state index is 2.29. The Labute approximate surface area is 47.4 Å². The van der Waals surface area contributed by atoms with Crippen molar-refractivity contribution in [2.45, 2.75) is 6.92 Å². The summed E-state index contributed by atoms with van der Waals surface area (Å²) in [7, 11) is 0.307. The lowest BCUT2D eigenvalue weighted by Crippen LogP contribution is -1.70. The first-order valence-electron chi connectivity index (χ1n) is 2.53. The fourth-order valence-corrected chi connectivity index (χ4v) is 0.949. The summed E-state index contributed by atoms with van der Waals surface area (Å²) < 4.78 is 0. The molecule has 0 nitrogen and oxygen atoms in total. The molecule has 0 aliphatic carbocycles. The number of rotatable bonds is 2. The highest BCUT2D eigenvalue weighted by Gasteiger charge is 1.82. The third kappa shape index (κ3) is 6.17. The van der Waals surface area contributed by atoms with Crippen molar-refractivity contribution in [3.05, 3.63) is 12.2 Å². The van der Waals surface area contributed by atoms with Crippen molar-refractivity contribution in [3.8, 4) is 0 Å². The minimum absolute atomic E-state index is 0.307. The molecule has 0 aliphatic rings. The molecule has 42 valence electrons. The smallest absolute Gasteiger partial charge is 0.0150 e. The first-order chi connectivity index (χ1) is 3.27. The second-order valence-corrected chi connectivity index (χ2v) is 4.36. The van der Waals surface area contributed by atoms with Gasteiger partial charge in [-0.25, -0.2) is 0 Å². The molecule has 0 heterocycles. The van der Waals surface area contributed by atoms with Crippen molar-refractivity contribution < 1.29 is 0 Å². The summed E-state index contributed by atoms with van der Waals surface area (Å²) in [6.45, 7) is 6.64. The van der Waals surface area contributed by atoms with Gasteiger partial charge in [-0.05, 0) is 26.4 Å². The van der Waals surface area contributed by atoms with Crippen LogP contribution in [0, 0.1) is 0 Å². The molecule has 7 heavy (non-hydrogen) atoms. The van der Waals surface area contributed by atoms with Crippen molar-refractivity contribution in [2.75, 3.05) is 19.5 Å². The van der Waals surface area contributed by atoms with Crippen LogP contribution < -0.4 is 0 Å². The molecule has 0 aromatic rings. The first-order valence-corrected chi connectivity index (χ1v) is 4.95. The van der Waals surface area contributed by atoms with E-state index in [4.69, 9.17) is 0 Å². The van der Waals surface area contributed by atoms with Gasteiger partial charge in [-0.15, -0.1) is 7.92 Å². The maximum atomic E-state index is 2.29. The van der Waals surface area contributed by atoms with Crippen LogP contribution in [0.25, 0.3) is 0 Å². The average Bonchev–Trinajstić information content (AvgIpc) is 1.61. The quantitative estimate of drug-likeness (QED) is 0.383. The van der Waals surface area contributed by atoms with Gasteiger partial charge in [0.05, 0.1) is 0 Å². The first kappa shape index (κ1) is 7.17. The lowest BCUT2D eigenvalue weighted by Gasteiger charge is -1.95. The van der Waals surface area contributed by atoms with Crippen molar-refractivity contribution >= 4 is 7.92 Å². The van der Waals surface area contributed by atoms with E-state index in [1.54, 1.807) is 0 Å². The van der Waals surface area contributed by atoms with Crippen molar-refractivity contribution in [2.24, 2.45) is 0 Å². The van der Waals surface area contributed by atoms with E-state index in [-0.39, 0.29) is 0 Å². The maximum Gasteiger partial charge on any atom is -0.0150 e. The van der Waals surface area contributed by atoms with Crippen LogP contribution in [0.3, 0.4) is 0 Å². The van der Waals surface area contributed by atoms with Crippen LogP contribution in [-0.2, 0) is 0 Å². The Balaban J connectivity index is 2.97. The molecular weight excluding hydrogens is 103 g/mol. The van der Waals surface area contributed by atoms with E-state index in [0.717, 1.165) is 0 Å². The van der Waals surface area contributed by atoms with E-state index < -0.39 is 0 Å². The summed E-state index contributed by atoms with van der Waals surface area (Å²) >= 11 is 0. The lowest BCUT2D eigenvalue weighted by atomic mass is 10.6. The van der Waals surface area contributed by atoms with Crippen LogP contribution in [0.5, 0.6) is 0 Å². The fraction of sp³-hybridized carbons (Fsp3) is 0.667. The summed E-state index contributed by atoms with van der Waals surface area (Å²) in [5, 5.41) is 0. The molecule has 0 aromatic carbocycles. The van der Waals surface area contributed by atoms with E-state index in [1.165, 1.54) is 6.16 Å². The topological polar surface area (TPSA) is 0 Å². The monoisotopic (exact) mass is 116 g/mol. The summed E-state index contributed by atoms with van der Waals surface area (Å²) in [6.07, 6.45) is 5.62. The number of hydrogen-bond acceptors (Lipinski definition) is 0. The fourth-order valence-electron chi connectivity index (χ4n) is 0.316. The largest absolute Gasteiger partial charge is 0.109 e. The average molecular weight is 116 g/mol. The summed E-state index contributed by atoms with van der Waals surface area (Å²) in [6, 6.07) is 0. The van der Waals surface area contributed by atoms with E-state index in [9.17, 15) is 0 Å². The van der Waals surface area contributed by atoms with Gasteiger partial charge in [-0.1, -0.05) is 12.2 Å². The Bertz CT molecular complexity index is 55.2. The molecule has 0 bridgehead atoms. The summed E-state index contributed by atoms with van der Waals surface area (Å²) in [5.74, 6) is 0. The highest BCUT2D eigenvalue weighted by atomic mass is 31.1. The molecule has 0 unspecified atom stereocenters. The van der Waals surface area contributed by atoms with Crippen LogP contribution in [0.4, 0.5) is 0 Å². The van der Waals surface area contributed by atoms with Crippen molar-refractivity contribution in [1.29, 1.82) is 0 Å². The molecule has 0 rings (SSSR count). The summed E-state index contributed by atoms with van der Waals surface area (Å²) in [4.78, 5) is 0. The lowest BCUT2D eigenvalue weighted by molar-refractivity contribution is 1.63. The zero-order valence-corrected chi connectivity index (χ0v) is 6.20. The molecule has 0 aromatic heterocycles. The van der Waals surface area contributed by atoms with Crippen molar-refractivity contribution in [1.82, 2.24) is 0 Å². The second kappa shape index (κ2) is 4.33. The molecule has 0 aliphatic heterocycles. The SMILES string of the molecule is CC=CCP(C)C. The predicted octanol–water partition coefficient (Wildman–Crippen LogP) is 2.30. The Morgan fingerprint density at radius 3 is 2.14 bits per heavy atom. The molecule has 0 radical (unpaired) electrons. The van der Waals surface area contributed by atoms with Crippen LogP contribution in [-0.4, -0.2) is 19.5 Å². The van der Waals surface area contributed by atoms with Gasteiger partial charge in [0.15, 0.2) is 0 Å². The molecule has 1 heteroatoms. The van der Waals surface area contributed by atoms with Gasteiger partial charge in [-0.2, -0.15) is 0 Å². The molecule has 0 spiro atoms. The van der Waals surface area contributed by atoms with Crippen LogP contribution in [0.15, 0.2) is 12.2 Å². The van der Waals surface area contributed by atoms with Crippen LogP contribution in [0.2, 0.25) is 0 Å². The minimum Gasteiger partial charge on any atom is -0.109 e. The Morgan fingerprint density at radius 2 is 2.00 bits per heavy atom. The van der Waals surface area contributed by atoms with Crippen LogP contribution in [0.1, 0.15) is 6.92 Å². The zero-order valence-electron chi connectivity index (χ0n) is 5.31. The van der Waals surface area contributed by atoms with Gasteiger partial charge in [0.2, 0.25) is 0 Å². The van der Waals surface area contributed by atoms with Crippen LogP contribution >= 0.6 is 7.92 Å². The number of hydrogen-bond donors (Lipinski definition) is 0. The van der Waals surface area contributed by atoms with Gasteiger partial charge in [-0.3, -0.25) is 0 Å². The molecule has 0 atom stereocenters. The predicted molar refractivity (Wildman–Crippen MR) is 38.4 cm³/mol. The van der Waals surface area contributed by atoms with E-state index in [0.29, 0.717) is 7.92 Å². The van der Waals surface area contributed by atoms with Gasteiger partial charge in [0, 0.05) is 0 Å². The Kier molecular flexibility index (Phi) is 4.44. The zero-order chi connectivity index (χ0) is 5.70. The minimum atomic E-state index is 0.307. The normalized spacial score (nSPS) is 11.4. The summed E-state index contributed by atoms with van der Waals surface area (Å²) in [5.41, 5.74) is 0. The Morgan fingerprint density at radius 1 is 1.43 bits per heavy atom. The Hall–Kier alpha value is 0.170. The van der Waals surface area contributed by atoms with E-state index in [2.05, 4.69) is 32.4 Å². The number of allylic oxidation sites excluding steroid dienone is 2. The molecule has 0 saturated carbocycles.